The standard InChI is InChI=1S/C23H22O6S2/c1-28-18-14-12-17(13-15-18)23-21(30(24,25)19-8-4-2-5-9-19)16-22(29-23)31(26,27)20-10-6-3-7-11-20/h2-15,21-23H,16H2,1H3/t21?,22-,23+/m1/s1. The third-order valence-corrected chi connectivity index (χ3v) is 9.48. The second kappa shape index (κ2) is 8.45. The van der Waals surface area contributed by atoms with Crippen molar-refractivity contribution in [1.82, 2.24) is 0 Å². The molecule has 0 bridgehead atoms. The molecule has 1 unspecified atom stereocenters. The maximum Gasteiger partial charge on any atom is 0.205 e. The number of rotatable bonds is 6. The van der Waals surface area contributed by atoms with Gasteiger partial charge in [0.05, 0.1) is 22.2 Å². The van der Waals surface area contributed by atoms with E-state index in [1.807, 2.05) is 0 Å². The van der Waals surface area contributed by atoms with Crippen LogP contribution in [0.4, 0.5) is 0 Å². The minimum absolute atomic E-state index is 0.103. The number of hydrogen-bond acceptors (Lipinski definition) is 6. The van der Waals surface area contributed by atoms with Crippen molar-refractivity contribution in [2.45, 2.75) is 33.0 Å². The lowest BCUT2D eigenvalue weighted by Gasteiger charge is -2.19. The number of hydrogen-bond donors (Lipinski definition) is 0. The molecule has 1 aliphatic rings. The first-order valence-electron chi connectivity index (χ1n) is 9.71. The Hall–Kier alpha value is -2.68. The fourth-order valence-corrected chi connectivity index (χ4v) is 7.29. The largest absolute Gasteiger partial charge is 0.497 e. The van der Waals surface area contributed by atoms with E-state index in [-0.39, 0.29) is 16.2 Å². The predicted octanol–water partition coefficient (Wildman–Crippen LogP) is 3.80. The molecule has 0 N–H and O–H groups in total. The first-order valence-corrected chi connectivity index (χ1v) is 12.8. The van der Waals surface area contributed by atoms with Crippen molar-refractivity contribution in [3.63, 3.8) is 0 Å². The van der Waals surface area contributed by atoms with E-state index in [1.165, 1.54) is 31.4 Å². The molecular weight excluding hydrogens is 436 g/mol. The van der Waals surface area contributed by atoms with Gasteiger partial charge in [-0.1, -0.05) is 48.5 Å². The maximum absolute atomic E-state index is 13.5. The van der Waals surface area contributed by atoms with Crippen LogP contribution in [0, 0.1) is 0 Å². The van der Waals surface area contributed by atoms with E-state index in [0.29, 0.717) is 11.3 Å². The molecule has 1 aliphatic heterocycles. The third-order valence-electron chi connectivity index (χ3n) is 5.39. The molecule has 1 fully saturated rings. The molecule has 3 aromatic carbocycles. The zero-order chi connectivity index (χ0) is 22.1. The summed E-state index contributed by atoms with van der Waals surface area (Å²) < 4.78 is 64.4. The Bertz CT molecular complexity index is 1240. The lowest BCUT2D eigenvalue weighted by atomic mass is 10.1. The summed E-state index contributed by atoms with van der Waals surface area (Å²) in [6.45, 7) is 0. The summed E-state index contributed by atoms with van der Waals surface area (Å²) in [5.41, 5.74) is -0.693. The second-order valence-corrected chi connectivity index (χ2v) is 11.5. The molecule has 4 rings (SSSR count). The first-order chi connectivity index (χ1) is 14.8. The van der Waals surface area contributed by atoms with Gasteiger partial charge in [0.25, 0.3) is 0 Å². The zero-order valence-electron chi connectivity index (χ0n) is 16.8. The van der Waals surface area contributed by atoms with Crippen molar-refractivity contribution in [3.05, 3.63) is 90.5 Å². The topological polar surface area (TPSA) is 86.7 Å². The van der Waals surface area contributed by atoms with Crippen molar-refractivity contribution in [2.24, 2.45) is 0 Å². The molecule has 162 valence electrons. The fraction of sp³-hybridized carbons (Fsp3) is 0.217. The quantitative estimate of drug-likeness (QED) is 0.558. The third kappa shape index (κ3) is 4.11. The lowest BCUT2D eigenvalue weighted by molar-refractivity contribution is 0.0878. The van der Waals surface area contributed by atoms with E-state index in [4.69, 9.17) is 9.47 Å². The van der Waals surface area contributed by atoms with Gasteiger partial charge in [0.1, 0.15) is 11.9 Å². The van der Waals surface area contributed by atoms with E-state index in [9.17, 15) is 16.8 Å². The summed E-state index contributed by atoms with van der Waals surface area (Å²) in [6, 6.07) is 22.8. The second-order valence-electron chi connectivity index (χ2n) is 7.25. The summed E-state index contributed by atoms with van der Waals surface area (Å²) in [7, 11) is -6.19. The summed E-state index contributed by atoms with van der Waals surface area (Å²) in [4.78, 5) is 0.242. The van der Waals surface area contributed by atoms with Crippen LogP contribution >= 0.6 is 0 Å². The van der Waals surface area contributed by atoms with Crippen LogP contribution in [0.15, 0.2) is 94.7 Å². The number of methoxy groups -OCH3 is 1. The molecule has 31 heavy (non-hydrogen) atoms. The highest BCUT2D eigenvalue weighted by Gasteiger charge is 2.49. The van der Waals surface area contributed by atoms with Gasteiger partial charge in [-0.05, 0) is 42.0 Å². The summed E-state index contributed by atoms with van der Waals surface area (Å²) >= 11 is 0. The van der Waals surface area contributed by atoms with Crippen LogP contribution in [0.2, 0.25) is 0 Å². The smallest absolute Gasteiger partial charge is 0.205 e. The predicted molar refractivity (Wildman–Crippen MR) is 116 cm³/mol. The monoisotopic (exact) mass is 458 g/mol. The highest BCUT2D eigenvalue weighted by molar-refractivity contribution is 7.93. The van der Waals surface area contributed by atoms with Gasteiger partial charge in [-0.2, -0.15) is 0 Å². The van der Waals surface area contributed by atoms with Gasteiger partial charge in [-0.3, -0.25) is 0 Å². The van der Waals surface area contributed by atoms with Crippen molar-refractivity contribution in [3.8, 4) is 5.75 Å². The molecule has 3 aromatic rings. The molecule has 0 amide bonds. The molecule has 0 aliphatic carbocycles. The fourth-order valence-electron chi connectivity index (χ4n) is 3.74. The lowest BCUT2D eigenvalue weighted by Crippen LogP contribution is -2.25. The van der Waals surface area contributed by atoms with Gasteiger partial charge in [0, 0.05) is 6.42 Å². The van der Waals surface area contributed by atoms with Gasteiger partial charge >= 0.3 is 0 Å². The van der Waals surface area contributed by atoms with Gasteiger partial charge in [-0.15, -0.1) is 0 Å². The molecule has 1 heterocycles. The Morgan fingerprint density at radius 2 is 1.26 bits per heavy atom. The van der Waals surface area contributed by atoms with E-state index in [2.05, 4.69) is 0 Å². The van der Waals surface area contributed by atoms with Gasteiger partial charge < -0.3 is 9.47 Å². The van der Waals surface area contributed by atoms with E-state index in [1.54, 1.807) is 60.7 Å². The summed E-state index contributed by atoms with van der Waals surface area (Å²) in [5, 5.41) is -1.05. The van der Waals surface area contributed by atoms with Crippen LogP contribution in [0.3, 0.4) is 0 Å². The molecule has 6 nitrogen and oxygen atoms in total. The Morgan fingerprint density at radius 1 is 0.742 bits per heavy atom. The van der Waals surface area contributed by atoms with E-state index in [0.717, 1.165) is 0 Å². The molecule has 0 spiro atoms. The normalized spacial score (nSPS) is 21.6. The highest BCUT2D eigenvalue weighted by atomic mass is 32.2. The number of benzene rings is 3. The van der Waals surface area contributed by atoms with Gasteiger partial charge in [-0.25, -0.2) is 16.8 Å². The molecule has 0 saturated carbocycles. The summed E-state index contributed by atoms with van der Waals surface area (Å²) in [6.07, 6.45) is -1.09. The minimum Gasteiger partial charge on any atom is -0.497 e. The van der Waals surface area contributed by atoms with Crippen LogP contribution < -0.4 is 4.74 Å². The number of ether oxygens (including phenoxy) is 2. The minimum atomic E-state index is -3.88. The first kappa shape index (κ1) is 21.5. The van der Waals surface area contributed by atoms with E-state index >= 15 is 0 Å². The van der Waals surface area contributed by atoms with Gasteiger partial charge in [0.2, 0.25) is 9.84 Å². The zero-order valence-corrected chi connectivity index (χ0v) is 18.4. The van der Waals surface area contributed by atoms with Crippen LogP contribution in [0.5, 0.6) is 5.75 Å². The Balaban J connectivity index is 1.76. The average Bonchev–Trinajstić information content (AvgIpc) is 3.28. The SMILES string of the molecule is COc1ccc([C@@H]2O[C@H](S(=O)(=O)c3ccccc3)CC2S(=O)(=O)c2ccccc2)cc1. The van der Waals surface area contributed by atoms with Crippen LogP contribution in [0.25, 0.3) is 0 Å². The molecule has 8 heteroatoms. The number of sulfone groups is 2. The van der Waals surface area contributed by atoms with Crippen molar-refractivity contribution >= 4 is 19.7 Å². The molecule has 1 saturated heterocycles. The Kier molecular flexibility index (Phi) is 5.88. The van der Waals surface area contributed by atoms with E-state index < -0.39 is 36.5 Å². The maximum atomic E-state index is 13.5. The summed E-state index contributed by atoms with van der Waals surface area (Å²) in [5.74, 6) is 0.609. The molecule has 0 aromatic heterocycles. The molecular formula is C23H22O6S2. The van der Waals surface area contributed by atoms with Crippen molar-refractivity contribution in [2.75, 3.05) is 7.11 Å². The van der Waals surface area contributed by atoms with Crippen LogP contribution in [0.1, 0.15) is 18.1 Å². The van der Waals surface area contributed by atoms with Crippen LogP contribution in [-0.4, -0.2) is 34.6 Å². The van der Waals surface area contributed by atoms with Crippen LogP contribution in [-0.2, 0) is 24.4 Å². The Labute approximate surface area is 182 Å². The van der Waals surface area contributed by atoms with Gasteiger partial charge in [0.15, 0.2) is 15.3 Å². The molecule has 0 radical (unpaired) electrons. The Morgan fingerprint density at radius 3 is 1.77 bits per heavy atom. The van der Waals surface area contributed by atoms with Crippen molar-refractivity contribution in [1.29, 1.82) is 0 Å². The molecule has 3 atom stereocenters. The highest BCUT2D eigenvalue weighted by Crippen LogP contribution is 2.43. The average molecular weight is 459 g/mol. The van der Waals surface area contributed by atoms with Crippen molar-refractivity contribution < 1.29 is 26.3 Å².